The monoisotopic (exact) mass is 434 g/mol. The fourth-order valence-corrected chi connectivity index (χ4v) is 3.89. The molecular weight excluding hydrogens is 409 g/mol. The van der Waals surface area contributed by atoms with Crippen molar-refractivity contribution in [3.05, 3.63) is 46.9 Å². The number of aromatic nitrogens is 2. The van der Waals surface area contributed by atoms with E-state index in [2.05, 4.69) is 26.3 Å². The van der Waals surface area contributed by atoms with Gasteiger partial charge in [0.2, 0.25) is 0 Å². The number of halogens is 3. The van der Waals surface area contributed by atoms with E-state index >= 15 is 0 Å². The van der Waals surface area contributed by atoms with Gasteiger partial charge in [-0.2, -0.15) is 13.2 Å². The molecule has 0 amide bonds. The van der Waals surface area contributed by atoms with Gasteiger partial charge < -0.3 is 25.6 Å². The fourth-order valence-electron chi connectivity index (χ4n) is 3.89. The zero-order valence-corrected chi connectivity index (χ0v) is 17.4. The number of benzene rings is 1. The second kappa shape index (κ2) is 8.26. The highest BCUT2D eigenvalue weighted by atomic mass is 19.4. The Labute approximate surface area is 178 Å². The van der Waals surface area contributed by atoms with Gasteiger partial charge in [-0.05, 0) is 36.8 Å². The summed E-state index contributed by atoms with van der Waals surface area (Å²) in [5.74, 6) is 1.33. The van der Waals surface area contributed by atoms with Crippen LogP contribution < -0.4 is 16.0 Å². The summed E-state index contributed by atoms with van der Waals surface area (Å²) >= 11 is 0. The van der Waals surface area contributed by atoms with Gasteiger partial charge >= 0.3 is 6.18 Å². The molecule has 1 saturated heterocycles. The van der Waals surface area contributed by atoms with Crippen LogP contribution in [-0.2, 0) is 10.9 Å². The summed E-state index contributed by atoms with van der Waals surface area (Å²) < 4.78 is 45.1. The second-order valence-electron chi connectivity index (χ2n) is 7.80. The molecule has 1 aromatic heterocycles. The highest BCUT2D eigenvalue weighted by Gasteiger charge is 2.31. The molecule has 1 atom stereocenters. The van der Waals surface area contributed by atoms with Gasteiger partial charge in [-0.1, -0.05) is 0 Å². The Balaban J connectivity index is 1.64. The summed E-state index contributed by atoms with van der Waals surface area (Å²) in [5, 5.41) is 3.25. The molecule has 0 radical (unpaired) electrons. The van der Waals surface area contributed by atoms with Gasteiger partial charge in [0.25, 0.3) is 0 Å². The lowest BCUT2D eigenvalue weighted by Gasteiger charge is -2.36. The van der Waals surface area contributed by atoms with Crippen LogP contribution in [0, 0.1) is 0 Å². The minimum atomic E-state index is -4.46. The van der Waals surface area contributed by atoms with Crippen LogP contribution in [0.5, 0.6) is 0 Å². The van der Waals surface area contributed by atoms with E-state index in [9.17, 15) is 13.2 Å². The highest BCUT2D eigenvalue weighted by molar-refractivity contribution is 5.78. The van der Waals surface area contributed by atoms with E-state index in [0.717, 1.165) is 42.3 Å². The van der Waals surface area contributed by atoms with Crippen molar-refractivity contribution in [2.45, 2.75) is 19.1 Å². The number of nitrogens with one attached hydrogen (secondary N) is 1. The molecule has 0 bridgehead atoms. The van der Waals surface area contributed by atoms with Crippen molar-refractivity contribution in [2.24, 2.45) is 0 Å². The average molecular weight is 434 g/mol. The van der Waals surface area contributed by atoms with E-state index in [1.165, 1.54) is 6.33 Å². The lowest BCUT2D eigenvalue weighted by molar-refractivity contribution is -0.137. The third-order valence-corrected chi connectivity index (χ3v) is 5.51. The molecule has 10 heteroatoms. The zero-order valence-electron chi connectivity index (χ0n) is 17.4. The molecule has 166 valence electrons. The van der Waals surface area contributed by atoms with E-state index in [-0.39, 0.29) is 5.69 Å². The first-order valence-corrected chi connectivity index (χ1v) is 10.1. The molecule has 3 N–H and O–H groups in total. The lowest BCUT2D eigenvalue weighted by Crippen LogP contribution is -2.40. The number of hydrogen-bond donors (Lipinski definition) is 2. The summed E-state index contributed by atoms with van der Waals surface area (Å²) in [4.78, 5) is 13.1. The molecular formula is C21H25F3N6O. The van der Waals surface area contributed by atoms with Crippen LogP contribution in [0.2, 0.25) is 0 Å². The first-order chi connectivity index (χ1) is 14.7. The summed E-state index contributed by atoms with van der Waals surface area (Å²) in [6.07, 6.45) is -0.953. The molecule has 1 aromatic carbocycles. The minimum absolute atomic E-state index is 0.0671. The quantitative estimate of drug-likeness (QED) is 0.715. The molecule has 0 unspecified atom stereocenters. The molecule has 2 aliphatic heterocycles. The molecule has 2 aromatic rings. The summed E-state index contributed by atoms with van der Waals surface area (Å²) in [7, 11) is 1.96. The minimum Gasteiger partial charge on any atom is -0.399 e. The maximum atomic E-state index is 13.2. The lowest BCUT2D eigenvalue weighted by atomic mass is 10.0. The Morgan fingerprint density at radius 2 is 1.90 bits per heavy atom. The molecule has 4 rings (SSSR count). The van der Waals surface area contributed by atoms with Crippen LogP contribution in [0.1, 0.15) is 29.7 Å². The predicted octanol–water partition coefficient (Wildman–Crippen LogP) is 3.37. The average Bonchev–Trinajstić information content (AvgIpc) is 2.73. The third-order valence-electron chi connectivity index (χ3n) is 5.51. The number of nitrogens with zero attached hydrogens (tertiary/aromatic N) is 4. The van der Waals surface area contributed by atoms with Crippen LogP contribution in [0.15, 0.2) is 30.2 Å². The molecule has 2 aliphatic rings. The number of fused-ring (bicyclic) bond motifs is 1. The highest BCUT2D eigenvalue weighted by Crippen LogP contribution is 2.35. The Morgan fingerprint density at radius 3 is 2.61 bits per heavy atom. The van der Waals surface area contributed by atoms with E-state index in [0.29, 0.717) is 31.1 Å². The predicted molar refractivity (Wildman–Crippen MR) is 114 cm³/mol. The Bertz CT molecular complexity index is 988. The number of anilines is 3. The Hall–Kier alpha value is -3.01. The topological polar surface area (TPSA) is 79.5 Å². The standard InChI is InChI=1S/C21H25F3N6O/c1-13(14-7-15(21(22,23)24)9-16(25)8-14)28-19-18-10-17(30-3-5-31-6-4-30)11-29(2)20(18)27-12-26-19/h7-10,12-13H,3-6,11,25H2,1-2H3,(H,26,27,28)/t13-/m1/s1. The number of morpholine rings is 1. The van der Waals surface area contributed by atoms with Crippen LogP contribution in [-0.4, -0.2) is 54.8 Å². The zero-order chi connectivity index (χ0) is 22.2. The number of alkyl halides is 3. The summed E-state index contributed by atoms with van der Waals surface area (Å²) in [6.45, 7) is 5.47. The van der Waals surface area contributed by atoms with Crippen molar-refractivity contribution in [2.75, 3.05) is 55.8 Å². The van der Waals surface area contributed by atoms with E-state index < -0.39 is 17.8 Å². The maximum absolute atomic E-state index is 13.2. The van der Waals surface area contributed by atoms with Crippen LogP contribution in [0.3, 0.4) is 0 Å². The largest absolute Gasteiger partial charge is 0.416 e. The third kappa shape index (κ3) is 4.53. The van der Waals surface area contributed by atoms with Crippen molar-refractivity contribution in [1.29, 1.82) is 0 Å². The van der Waals surface area contributed by atoms with Crippen LogP contribution in [0.4, 0.5) is 30.5 Å². The molecule has 0 spiro atoms. The number of hydrogen-bond acceptors (Lipinski definition) is 7. The number of rotatable bonds is 4. The Kier molecular flexibility index (Phi) is 5.65. The first-order valence-electron chi connectivity index (χ1n) is 10.1. The number of nitrogen functional groups attached to an aromatic ring is 1. The van der Waals surface area contributed by atoms with Gasteiger partial charge in [-0.25, -0.2) is 9.97 Å². The number of likely N-dealkylation sites (N-methyl/N-ethyl adjacent to an activating group) is 1. The first kappa shape index (κ1) is 21.2. The van der Waals surface area contributed by atoms with Gasteiger partial charge in [0.1, 0.15) is 18.0 Å². The molecule has 0 aliphatic carbocycles. The van der Waals surface area contributed by atoms with Crippen LogP contribution in [0.25, 0.3) is 6.08 Å². The van der Waals surface area contributed by atoms with Gasteiger partial charge in [0.15, 0.2) is 0 Å². The molecule has 1 fully saturated rings. The van der Waals surface area contributed by atoms with E-state index in [4.69, 9.17) is 10.5 Å². The van der Waals surface area contributed by atoms with Gasteiger partial charge in [-0.15, -0.1) is 0 Å². The SMILES string of the molecule is C[C@@H](Nc1ncnc2c1C=C(N1CCOCC1)CN2C)c1cc(N)cc(C(F)(F)F)c1. The van der Waals surface area contributed by atoms with Crippen molar-refractivity contribution in [1.82, 2.24) is 14.9 Å². The van der Waals surface area contributed by atoms with Crippen molar-refractivity contribution < 1.29 is 17.9 Å². The van der Waals surface area contributed by atoms with E-state index in [1.54, 1.807) is 13.0 Å². The Morgan fingerprint density at radius 1 is 1.16 bits per heavy atom. The van der Waals surface area contributed by atoms with Crippen molar-refractivity contribution in [3.63, 3.8) is 0 Å². The van der Waals surface area contributed by atoms with Gasteiger partial charge in [0.05, 0.1) is 36.9 Å². The van der Waals surface area contributed by atoms with Crippen molar-refractivity contribution in [3.8, 4) is 0 Å². The molecule has 3 heterocycles. The number of nitrogens with two attached hydrogens (primary N) is 1. The van der Waals surface area contributed by atoms with Crippen molar-refractivity contribution >= 4 is 23.4 Å². The van der Waals surface area contributed by atoms with Crippen LogP contribution >= 0.6 is 0 Å². The molecule has 0 saturated carbocycles. The van der Waals surface area contributed by atoms with E-state index in [1.807, 2.05) is 11.9 Å². The number of ether oxygens (including phenoxy) is 1. The maximum Gasteiger partial charge on any atom is 0.416 e. The summed E-state index contributed by atoms with van der Waals surface area (Å²) in [6, 6.07) is 3.15. The summed E-state index contributed by atoms with van der Waals surface area (Å²) in [5.41, 5.74) is 7.40. The smallest absolute Gasteiger partial charge is 0.399 e. The molecule has 31 heavy (non-hydrogen) atoms. The van der Waals surface area contributed by atoms with Gasteiger partial charge in [0, 0.05) is 31.5 Å². The van der Waals surface area contributed by atoms with Gasteiger partial charge in [-0.3, -0.25) is 0 Å². The normalized spacial score (nSPS) is 17.8. The fraction of sp³-hybridized carbons (Fsp3) is 0.429. The second-order valence-corrected chi connectivity index (χ2v) is 7.80. The molecule has 7 nitrogen and oxygen atoms in total.